The Labute approximate surface area is 177 Å². The van der Waals surface area contributed by atoms with Gasteiger partial charge in [0.25, 0.3) is 5.91 Å². The van der Waals surface area contributed by atoms with Crippen molar-refractivity contribution in [3.05, 3.63) is 53.8 Å². The molecule has 0 saturated carbocycles. The van der Waals surface area contributed by atoms with E-state index < -0.39 is 15.7 Å². The summed E-state index contributed by atoms with van der Waals surface area (Å²) in [5.41, 5.74) is 1.22. The van der Waals surface area contributed by atoms with Crippen LogP contribution in [-0.2, 0) is 9.84 Å². The van der Waals surface area contributed by atoms with Crippen LogP contribution in [0.2, 0.25) is 0 Å². The Morgan fingerprint density at radius 2 is 1.77 bits per heavy atom. The Balaban J connectivity index is 1.55. The molecule has 1 atom stereocenters. The summed E-state index contributed by atoms with van der Waals surface area (Å²) >= 11 is 0. The molecule has 30 heavy (non-hydrogen) atoms. The van der Waals surface area contributed by atoms with Gasteiger partial charge in [0.2, 0.25) is 0 Å². The van der Waals surface area contributed by atoms with Crippen LogP contribution in [0.1, 0.15) is 36.0 Å². The molecule has 0 bridgehead atoms. The monoisotopic (exact) mass is 430 g/mol. The van der Waals surface area contributed by atoms with E-state index in [9.17, 15) is 17.6 Å². The first-order chi connectivity index (χ1) is 14.3. The Morgan fingerprint density at radius 1 is 1.03 bits per heavy atom. The summed E-state index contributed by atoms with van der Waals surface area (Å²) in [4.78, 5) is 17.5. The first-order valence-electron chi connectivity index (χ1n) is 10.5. The predicted molar refractivity (Wildman–Crippen MR) is 115 cm³/mol. The average molecular weight is 431 g/mol. The number of benzene rings is 2. The van der Waals surface area contributed by atoms with Gasteiger partial charge in [-0.2, -0.15) is 0 Å². The van der Waals surface area contributed by atoms with E-state index in [4.69, 9.17) is 0 Å². The molecule has 4 rings (SSSR count). The minimum Gasteiger partial charge on any atom is -0.334 e. The highest BCUT2D eigenvalue weighted by Gasteiger charge is 2.32. The highest BCUT2D eigenvalue weighted by atomic mass is 32.2. The van der Waals surface area contributed by atoms with Gasteiger partial charge in [-0.3, -0.25) is 4.79 Å². The Kier molecular flexibility index (Phi) is 5.93. The van der Waals surface area contributed by atoms with Crippen LogP contribution < -0.4 is 0 Å². The van der Waals surface area contributed by atoms with Crippen molar-refractivity contribution < 1.29 is 17.6 Å². The summed E-state index contributed by atoms with van der Waals surface area (Å²) in [7, 11) is -3.35. The topological polar surface area (TPSA) is 57.7 Å². The second-order valence-corrected chi connectivity index (χ2v) is 10.3. The standard InChI is InChI=1S/C23H27FN2O3S/c1-30(28,29)20-8-4-6-17(14-20)18-9-10-21(22(24)15-18)23(27)26-13-5-7-19(26)16-25-11-2-3-12-25/h4,6,8-10,14-15,19H,2-3,5,7,11-13,16H2,1H3. The second kappa shape index (κ2) is 8.47. The van der Waals surface area contributed by atoms with Crippen molar-refractivity contribution in [1.82, 2.24) is 9.80 Å². The molecular formula is C23H27FN2O3S. The number of rotatable bonds is 5. The highest BCUT2D eigenvalue weighted by molar-refractivity contribution is 7.90. The van der Waals surface area contributed by atoms with Crippen molar-refractivity contribution in [2.45, 2.75) is 36.6 Å². The van der Waals surface area contributed by atoms with Crippen molar-refractivity contribution in [3.8, 4) is 11.1 Å². The van der Waals surface area contributed by atoms with Gasteiger partial charge in [-0.15, -0.1) is 0 Å². The van der Waals surface area contributed by atoms with Crippen molar-refractivity contribution in [3.63, 3.8) is 0 Å². The van der Waals surface area contributed by atoms with Crippen LogP contribution in [0.5, 0.6) is 0 Å². The normalized spacial score (nSPS) is 20.1. The molecule has 2 heterocycles. The lowest BCUT2D eigenvalue weighted by Gasteiger charge is -2.28. The van der Waals surface area contributed by atoms with Crippen LogP contribution in [0, 0.1) is 5.82 Å². The van der Waals surface area contributed by atoms with E-state index in [1.54, 1.807) is 18.2 Å². The van der Waals surface area contributed by atoms with Crippen LogP contribution in [0.25, 0.3) is 11.1 Å². The van der Waals surface area contributed by atoms with Crippen LogP contribution in [0.15, 0.2) is 47.4 Å². The number of likely N-dealkylation sites (tertiary alicyclic amines) is 2. The molecule has 2 aromatic carbocycles. The highest BCUT2D eigenvalue weighted by Crippen LogP contribution is 2.27. The lowest BCUT2D eigenvalue weighted by Crippen LogP contribution is -2.42. The molecule has 0 aromatic heterocycles. The fourth-order valence-corrected chi connectivity index (χ4v) is 5.15. The van der Waals surface area contributed by atoms with Crippen molar-refractivity contribution in [1.29, 1.82) is 0 Å². The van der Waals surface area contributed by atoms with Crippen LogP contribution in [-0.4, -0.2) is 62.6 Å². The third-order valence-corrected chi connectivity index (χ3v) is 7.21. The minimum absolute atomic E-state index is 0.0753. The zero-order chi connectivity index (χ0) is 21.3. The maximum absolute atomic E-state index is 14.9. The lowest BCUT2D eigenvalue weighted by atomic mass is 10.0. The molecule has 2 aromatic rings. The largest absolute Gasteiger partial charge is 0.334 e. The van der Waals surface area contributed by atoms with Gasteiger partial charge in [0.1, 0.15) is 5.82 Å². The SMILES string of the molecule is CS(=O)(=O)c1cccc(-c2ccc(C(=O)N3CCCC3CN3CCCC3)c(F)c2)c1. The van der Waals surface area contributed by atoms with E-state index in [0.717, 1.165) is 38.7 Å². The Morgan fingerprint density at radius 3 is 2.47 bits per heavy atom. The molecule has 2 aliphatic heterocycles. The number of hydrogen-bond acceptors (Lipinski definition) is 4. The van der Waals surface area contributed by atoms with Gasteiger partial charge in [0.15, 0.2) is 9.84 Å². The molecule has 2 aliphatic rings. The molecule has 2 saturated heterocycles. The molecule has 160 valence electrons. The second-order valence-electron chi connectivity index (χ2n) is 8.30. The fraction of sp³-hybridized carbons (Fsp3) is 0.435. The van der Waals surface area contributed by atoms with Gasteiger partial charge in [0.05, 0.1) is 10.5 Å². The van der Waals surface area contributed by atoms with Gasteiger partial charge in [-0.1, -0.05) is 18.2 Å². The lowest BCUT2D eigenvalue weighted by molar-refractivity contribution is 0.0704. The molecule has 5 nitrogen and oxygen atoms in total. The predicted octanol–water partition coefficient (Wildman–Crippen LogP) is 3.60. The first-order valence-corrected chi connectivity index (χ1v) is 12.4. The summed E-state index contributed by atoms with van der Waals surface area (Å²) < 4.78 is 38.5. The van der Waals surface area contributed by atoms with E-state index in [0.29, 0.717) is 17.7 Å². The number of amides is 1. The van der Waals surface area contributed by atoms with Gasteiger partial charge >= 0.3 is 0 Å². The summed E-state index contributed by atoms with van der Waals surface area (Å²) in [6, 6.07) is 11.1. The van der Waals surface area contributed by atoms with Crippen molar-refractivity contribution in [2.75, 3.05) is 32.4 Å². The minimum atomic E-state index is -3.35. The fourth-order valence-electron chi connectivity index (χ4n) is 4.49. The van der Waals surface area contributed by atoms with Crippen molar-refractivity contribution >= 4 is 15.7 Å². The zero-order valence-corrected chi connectivity index (χ0v) is 18.0. The van der Waals surface area contributed by atoms with E-state index in [1.165, 1.54) is 37.1 Å². The van der Waals surface area contributed by atoms with E-state index in [1.807, 2.05) is 4.90 Å². The van der Waals surface area contributed by atoms with Gasteiger partial charge < -0.3 is 9.80 Å². The average Bonchev–Trinajstić information content (AvgIpc) is 3.39. The summed E-state index contributed by atoms with van der Waals surface area (Å²) in [5, 5.41) is 0. The molecule has 0 N–H and O–H groups in total. The van der Waals surface area contributed by atoms with E-state index in [-0.39, 0.29) is 22.4 Å². The smallest absolute Gasteiger partial charge is 0.257 e. The molecule has 1 unspecified atom stereocenters. The third kappa shape index (κ3) is 4.42. The molecule has 0 spiro atoms. The summed E-state index contributed by atoms with van der Waals surface area (Å²) in [6.45, 7) is 3.68. The van der Waals surface area contributed by atoms with Crippen LogP contribution >= 0.6 is 0 Å². The van der Waals surface area contributed by atoms with Crippen LogP contribution in [0.3, 0.4) is 0 Å². The first kappa shape index (κ1) is 21.0. The number of carbonyl (C=O) groups excluding carboxylic acids is 1. The van der Waals surface area contributed by atoms with E-state index >= 15 is 0 Å². The Hall–Kier alpha value is -2.25. The van der Waals surface area contributed by atoms with Crippen LogP contribution in [0.4, 0.5) is 4.39 Å². The Bertz CT molecular complexity index is 1050. The third-order valence-electron chi connectivity index (χ3n) is 6.10. The molecule has 7 heteroatoms. The van der Waals surface area contributed by atoms with E-state index in [2.05, 4.69) is 4.90 Å². The zero-order valence-electron chi connectivity index (χ0n) is 17.2. The van der Waals surface area contributed by atoms with Gasteiger partial charge in [-0.25, -0.2) is 12.8 Å². The molecular weight excluding hydrogens is 403 g/mol. The number of hydrogen-bond donors (Lipinski definition) is 0. The molecule has 0 aliphatic carbocycles. The summed E-state index contributed by atoms with van der Waals surface area (Å²) in [6.07, 6.45) is 5.46. The number of carbonyl (C=O) groups is 1. The molecule has 2 fully saturated rings. The molecule has 1 amide bonds. The number of halogens is 1. The summed E-state index contributed by atoms with van der Waals surface area (Å²) in [5.74, 6) is -0.834. The number of nitrogens with zero attached hydrogens (tertiary/aromatic N) is 2. The van der Waals surface area contributed by atoms with Gasteiger partial charge in [-0.05, 0) is 74.2 Å². The van der Waals surface area contributed by atoms with Gasteiger partial charge in [0, 0.05) is 25.4 Å². The maximum Gasteiger partial charge on any atom is 0.257 e. The van der Waals surface area contributed by atoms with Crippen molar-refractivity contribution in [2.24, 2.45) is 0 Å². The molecule has 0 radical (unpaired) electrons. The maximum atomic E-state index is 14.9. The number of sulfone groups is 1. The quantitative estimate of drug-likeness (QED) is 0.727.